The first kappa shape index (κ1) is 18.9. The Morgan fingerprint density at radius 2 is 2.14 bits per heavy atom. The fourth-order valence-electron chi connectivity index (χ4n) is 3.88. The van der Waals surface area contributed by atoms with Crippen molar-refractivity contribution in [3.05, 3.63) is 70.5 Å². The van der Waals surface area contributed by atoms with Crippen molar-refractivity contribution in [3.8, 4) is 0 Å². The molecule has 0 unspecified atom stereocenters. The van der Waals surface area contributed by atoms with E-state index in [0.29, 0.717) is 18.0 Å². The van der Waals surface area contributed by atoms with Crippen LogP contribution in [0.3, 0.4) is 0 Å². The van der Waals surface area contributed by atoms with Crippen LogP contribution in [0.2, 0.25) is 5.15 Å². The van der Waals surface area contributed by atoms with Gasteiger partial charge in [0, 0.05) is 24.5 Å². The summed E-state index contributed by atoms with van der Waals surface area (Å²) < 4.78 is 16.3. The van der Waals surface area contributed by atoms with E-state index in [1.165, 1.54) is 6.07 Å². The predicted molar refractivity (Wildman–Crippen MR) is 105 cm³/mol. The van der Waals surface area contributed by atoms with Crippen molar-refractivity contribution in [3.63, 3.8) is 0 Å². The van der Waals surface area contributed by atoms with Crippen molar-refractivity contribution in [2.24, 2.45) is 0 Å². The normalized spacial score (nSPS) is 19.7. The second-order valence-electron chi connectivity index (χ2n) is 7.22. The van der Waals surface area contributed by atoms with Gasteiger partial charge in [-0.25, -0.2) is 9.37 Å². The van der Waals surface area contributed by atoms with Crippen LogP contribution in [0.4, 0.5) is 4.39 Å². The maximum Gasteiger partial charge on any atom is 0.253 e. The fraction of sp³-hybridized carbons (Fsp3) is 0.333. The second kappa shape index (κ2) is 7.89. The molecule has 7 heteroatoms. The number of carbonyl (C=O) groups excluding carboxylic acids is 1. The molecule has 0 bridgehead atoms. The molecule has 4 rings (SSSR count). The standard InChI is InChI=1S/C21H21ClFN3O2/c22-19-11-13(7-8-24-19)10-14-12-15(20-16(23)4-3-9-26(14)20)21(28)25-17-5-1-2-6-18(17)27/h3-4,7-9,11-12,17-18,27H,1-2,5-6,10H2,(H,25,28)/t17-,18-/m0/s1. The minimum Gasteiger partial charge on any atom is -0.391 e. The first-order valence-corrected chi connectivity index (χ1v) is 9.78. The molecule has 0 saturated heterocycles. The number of amides is 1. The zero-order chi connectivity index (χ0) is 19.7. The quantitative estimate of drug-likeness (QED) is 0.654. The summed E-state index contributed by atoms with van der Waals surface area (Å²) in [5, 5.41) is 13.4. The molecule has 1 aliphatic carbocycles. The number of nitrogens with zero attached hydrogens (tertiary/aromatic N) is 2. The molecular formula is C21H21ClFN3O2. The lowest BCUT2D eigenvalue weighted by Gasteiger charge is -2.28. The molecular weight excluding hydrogens is 381 g/mol. The summed E-state index contributed by atoms with van der Waals surface area (Å²) in [6, 6.07) is 7.94. The number of aliphatic hydroxyl groups excluding tert-OH is 1. The Hall–Kier alpha value is -2.44. The number of aliphatic hydroxyl groups is 1. The molecule has 146 valence electrons. The lowest BCUT2D eigenvalue weighted by molar-refractivity contribution is 0.0718. The van der Waals surface area contributed by atoms with Crippen LogP contribution in [0.1, 0.15) is 47.3 Å². The van der Waals surface area contributed by atoms with E-state index in [4.69, 9.17) is 11.6 Å². The van der Waals surface area contributed by atoms with Crippen LogP contribution in [0, 0.1) is 5.82 Å². The Morgan fingerprint density at radius 3 is 2.93 bits per heavy atom. The minimum absolute atomic E-state index is 0.237. The van der Waals surface area contributed by atoms with Crippen LogP contribution >= 0.6 is 11.6 Å². The Kier molecular flexibility index (Phi) is 5.33. The monoisotopic (exact) mass is 401 g/mol. The van der Waals surface area contributed by atoms with Crippen LogP contribution in [0.5, 0.6) is 0 Å². The molecule has 5 nitrogen and oxygen atoms in total. The fourth-order valence-corrected chi connectivity index (χ4v) is 4.08. The van der Waals surface area contributed by atoms with E-state index in [-0.39, 0.29) is 23.0 Å². The smallest absolute Gasteiger partial charge is 0.253 e. The summed E-state index contributed by atoms with van der Waals surface area (Å²) >= 11 is 5.97. The summed E-state index contributed by atoms with van der Waals surface area (Å²) in [5.74, 6) is -0.830. The Labute approximate surface area is 167 Å². The van der Waals surface area contributed by atoms with Crippen LogP contribution in [-0.4, -0.2) is 32.5 Å². The van der Waals surface area contributed by atoms with Gasteiger partial charge in [-0.3, -0.25) is 4.79 Å². The van der Waals surface area contributed by atoms with Crippen molar-refractivity contribution in [1.29, 1.82) is 0 Å². The van der Waals surface area contributed by atoms with Gasteiger partial charge in [-0.2, -0.15) is 0 Å². The number of hydrogen-bond donors (Lipinski definition) is 2. The highest BCUT2D eigenvalue weighted by Crippen LogP contribution is 2.24. The molecule has 3 aromatic rings. The first-order chi connectivity index (χ1) is 13.5. The van der Waals surface area contributed by atoms with Gasteiger partial charge in [0.1, 0.15) is 11.0 Å². The van der Waals surface area contributed by atoms with E-state index in [0.717, 1.165) is 30.5 Å². The van der Waals surface area contributed by atoms with Gasteiger partial charge in [-0.05, 0) is 48.7 Å². The summed E-state index contributed by atoms with van der Waals surface area (Å²) in [6.07, 6.45) is 6.58. The lowest BCUT2D eigenvalue weighted by Crippen LogP contribution is -2.45. The number of rotatable bonds is 4. The Balaban J connectivity index is 1.69. The molecule has 2 atom stereocenters. The molecule has 0 aliphatic heterocycles. The van der Waals surface area contributed by atoms with Gasteiger partial charge in [-0.1, -0.05) is 24.4 Å². The van der Waals surface area contributed by atoms with E-state index in [2.05, 4.69) is 10.3 Å². The van der Waals surface area contributed by atoms with Crippen molar-refractivity contribution in [2.75, 3.05) is 0 Å². The van der Waals surface area contributed by atoms with E-state index >= 15 is 0 Å². The van der Waals surface area contributed by atoms with Gasteiger partial charge in [0.15, 0.2) is 0 Å². The summed E-state index contributed by atoms with van der Waals surface area (Å²) in [5.41, 5.74) is 2.19. The molecule has 1 amide bonds. The van der Waals surface area contributed by atoms with Gasteiger partial charge in [0.25, 0.3) is 5.91 Å². The molecule has 28 heavy (non-hydrogen) atoms. The average molecular weight is 402 g/mol. The van der Waals surface area contributed by atoms with Crippen LogP contribution < -0.4 is 5.32 Å². The zero-order valence-corrected chi connectivity index (χ0v) is 16.0. The average Bonchev–Trinajstić information content (AvgIpc) is 3.04. The van der Waals surface area contributed by atoms with E-state index in [1.807, 2.05) is 6.07 Å². The number of carbonyl (C=O) groups is 1. The number of fused-ring (bicyclic) bond motifs is 1. The maximum absolute atomic E-state index is 14.6. The van der Waals surface area contributed by atoms with Crippen molar-refractivity contribution >= 4 is 23.0 Å². The Morgan fingerprint density at radius 1 is 1.32 bits per heavy atom. The van der Waals surface area contributed by atoms with Gasteiger partial charge in [0.05, 0.1) is 23.2 Å². The predicted octanol–water partition coefficient (Wildman–Crippen LogP) is 3.75. The molecule has 0 aromatic carbocycles. The minimum atomic E-state index is -0.560. The zero-order valence-electron chi connectivity index (χ0n) is 15.2. The van der Waals surface area contributed by atoms with E-state index < -0.39 is 11.9 Å². The largest absolute Gasteiger partial charge is 0.391 e. The first-order valence-electron chi connectivity index (χ1n) is 9.41. The van der Waals surface area contributed by atoms with Crippen LogP contribution in [-0.2, 0) is 6.42 Å². The third kappa shape index (κ3) is 3.75. The third-order valence-electron chi connectivity index (χ3n) is 5.29. The third-order valence-corrected chi connectivity index (χ3v) is 5.49. The lowest BCUT2D eigenvalue weighted by atomic mass is 9.92. The number of hydrogen-bond acceptors (Lipinski definition) is 3. The molecule has 2 N–H and O–H groups in total. The highest BCUT2D eigenvalue weighted by molar-refractivity contribution is 6.29. The van der Waals surface area contributed by atoms with Gasteiger partial charge in [-0.15, -0.1) is 0 Å². The van der Waals surface area contributed by atoms with E-state index in [1.54, 1.807) is 35.0 Å². The Bertz CT molecular complexity index is 1020. The van der Waals surface area contributed by atoms with Crippen molar-refractivity contribution in [2.45, 2.75) is 44.2 Å². The molecule has 0 spiro atoms. The summed E-state index contributed by atoms with van der Waals surface area (Å²) in [7, 11) is 0. The molecule has 3 aromatic heterocycles. The van der Waals surface area contributed by atoms with Crippen molar-refractivity contribution < 1.29 is 14.3 Å². The van der Waals surface area contributed by atoms with Crippen LogP contribution in [0.15, 0.2) is 42.7 Å². The van der Waals surface area contributed by atoms with Gasteiger partial charge < -0.3 is 14.8 Å². The molecule has 1 fully saturated rings. The summed E-state index contributed by atoms with van der Waals surface area (Å²) in [4.78, 5) is 16.9. The number of pyridine rings is 2. The molecule has 3 heterocycles. The van der Waals surface area contributed by atoms with E-state index in [9.17, 15) is 14.3 Å². The van der Waals surface area contributed by atoms with Crippen molar-refractivity contribution in [1.82, 2.24) is 14.7 Å². The number of halogens is 2. The molecule has 1 saturated carbocycles. The summed E-state index contributed by atoms with van der Waals surface area (Å²) in [6.45, 7) is 0. The highest BCUT2D eigenvalue weighted by Gasteiger charge is 2.27. The maximum atomic E-state index is 14.6. The number of nitrogens with one attached hydrogen (secondary N) is 1. The second-order valence-corrected chi connectivity index (χ2v) is 7.61. The number of aromatic nitrogens is 2. The van der Waals surface area contributed by atoms with Gasteiger partial charge in [0.2, 0.25) is 0 Å². The molecule has 1 aliphatic rings. The van der Waals surface area contributed by atoms with Gasteiger partial charge >= 0.3 is 0 Å². The highest BCUT2D eigenvalue weighted by atomic mass is 35.5. The van der Waals surface area contributed by atoms with Crippen LogP contribution in [0.25, 0.3) is 5.52 Å². The SMILES string of the molecule is O=C(N[C@H]1CCCC[C@@H]1O)c1cc(Cc2ccnc(Cl)c2)n2cccc(F)c12. The molecule has 0 radical (unpaired) electrons. The topological polar surface area (TPSA) is 66.6 Å².